The predicted molar refractivity (Wildman–Crippen MR) is 156 cm³/mol. The molecule has 1 N–H and O–H groups in total. The number of halogens is 1. The van der Waals surface area contributed by atoms with Gasteiger partial charge in [0.2, 0.25) is 5.95 Å². The quantitative estimate of drug-likeness (QED) is 0.386. The monoisotopic (exact) mass is 566 g/mol. The second kappa shape index (κ2) is 13.2. The molecule has 0 radical (unpaired) electrons. The van der Waals surface area contributed by atoms with Crippen molar-refractivity contribution in [1.82, 2.24) is 19.8 Å². The Bertz CT molecular complexity index is 1290. The fourth-order valence-electron chi connectivity index (χ4n) is 5.42. The van der Waals surface area contributed by atoms with Crippen LogP contribution in [-0.2, 0) is 6.61 Å². The predicted octanol–water partition coefficient (Wildman–Crippen LogP) is 4.18. The minimum Gasteiger partial charge on any atom is -0.497 e. The highest BCUT2D eigenvalue weighted by molar-refractivity contribution is 5.67. The minimum atomic E-state index is -0.496. The van der Waals surface area contributed by atoms with Crippen LogP contribution in [0.4, 0.5) is 21.7 Å². The molecule has 0 saturated carbocycles. The molecule has 3 aromatic rings. The summed E-state index contributed by atoms with van der Waals surface area (Å²) < 4.78 is 36.4. The van der Waals surface area contributed by atoms with Gasteiger partial charge in [-0.15, -0.1) is 0 Å². The van der Waals surface area contributed by atoms with Crippen molar-refractivity contribution in [3.63, 3.8) is 0 Å². The molecule has 0 spiro atoms. The van der Waals surface area contributed by atoms with Gasteiger partial charge in [-0.3, -0.25) is 4.90 Å². The molecule has 41 heavy (non-hydrogen) atoms. The van der Waals surface area contributed by atoms with Crippen LogP contribution >= 0.6 is 0 Å². The molecule has 5 rings (SSSR count). The van der Waals surface area contributed by atoms with Crippen LogP contribution in [0.25, 0.3) is 0 Å². The van der Waals surface area contributed by atoms with Gasteiger partial charge in [-0.2, -0.15) is 0 Å². The third-order valence-corrected chi connectivity index (χ3v) is 7.86. The molecule has 0 unspecified atom stereocenters. The van der Waals surface area contributed by atoms with Gasteiger partial charge >= 0.3 is 0 Å². The Balaban J connectivity index is 1.17. The van der Waals surface area contributed by atoms with E-state index in [4.69, 9.17) is 18.9 Å². The lowest BCUT2D eigenvalue weighted by molar-refractivity contribution is 0.0981. The zero-order valence-electron chi connectivity index (χ0n) is 24.2. The van der Waals surface area contributed by atoms with Gasteiger partial charge in [-0.05, 0) is 38.1 Å². The summed E-state index contributed by atoms with van der Waals surface area (Å²) in [5.41, 5.74) is 2.22. The molecule has 220 valence electrons. The molecular weight excluding hydrogens is 527 g/mol. The lowest BCUT2D eigenvalue weighted by Crippen LogP contribution is -2.52. The first kappa shape index (κ1) is 28.7. The van der Waals surface area contributed by atoms with Crippen LogP contribution in [0.3, 0.4) is 0 Å². The fraction of sp³-hybridized carbons (Fsp3) is 0.467. The average Bonchev–Trinajstić information content (AvgIpc) is 3.01. The number of rotatable bonds is 10. The first-order valence-electron chi connectivity index (χ1n) is 13.9. The van der Waals surface area contributed by atoms with Crippen LogP contribution in [-0.4, -0.2) is 93.5 Å². The van der Waals surface area contributed by atoms with E-state index in [1.54, 1.807) is 25.6 Å². The summed E-state index contributed by atoms with van der Waals surface area (Å²) in [5, 5.41) is 3.22. The van der Waals surface area contributed by atoms with E-state index in [0.29, 0.717) is 29.1 Å². The van der Waals surface area contributed by atoms with Crippen molar-refractivity contribution in [2.75, 3.05) is 77.9 Å². The molecule has 1 aromatic heterocycles. The van der Waals surface area contributed by atoms with Crippen molar-refractivity contribution >= 4 is 17.3 Å². The number of ether oxygens (including phenoxy) is 4. The normalized spacial score (nSPS) is 16.9. The number of anilines is 3. The van der Waals surface area contributed by atoms with Gasteiger partial charge in [0.1, 0.15) is 18.1 Å². The Kier molecular flexibility index (Phi) is 9.25. The molecule has 2 saturated heterocycles. The van der Waals surface area contributed by atoms with Gasteiger partial charge in [0.15, 0.2) is 17.3 Å². The highest BCUT2D eigenvalue weighted by Crippen LogP contribution is 2.34. The standard InChI is InChI=1S/C30H39FN6O4/c1-35-11-13-36(14-12-35)23-7-9-37(10-8-23)26-6-5-22(16-27(26)39-3)34-30-32-18-25(19-33-30)41-20-21-15-24(38-2)17-28(40-4)29(21)31/h5-6,15-19,23H,7-14,20H2,1-4H3,(H,32,33,34). The van der Waals surface area contributed by atoms with E-state index in [9.17, 15) is 4.39 Å². The zero-order chi connectivity index (χ0) is 28.8. The third kappa shape index (κ3) is 6.91. The molecule has 0 atom stereocenters. The summed E-state index contributed by atoms with van der Waals surface area (Å²) in [6.45, 7) is 6.63. The average molecular weight is 567 g/mol. The third-order valence-electron chi connectivity index (χ3n) is 7.86. The number of piperazine rings is 1. The van der Waals surface area contributed by atoms with E-state index in [1.807, 2.05) is 12.1 Å². The highest BCUT2D eigenvalue weighted by Gasteiger charge is 2.27. The number of likely N-dealkylation sites (N-methyl/N-ethyl adjacent to an activating group) is 1. The van der Waals surface area contributed by atoms with E-state index >= 15 is 0 Å². The number of nitrogens with one attached hydrogen (secondary N) is 1. The maximum atomic E-state index is 14.6. The van der Waals surface area contributed by atoms with Crippen LogP contribution < -0.4 is 29.2 Å². The number of piperidine rings is 1. The van der Waals surface area contributed by atoms with Crippen molar-refractivity contribution in [3.8, 4) is 23.0 Å². The Labute approximate surface area is 241 Å². The number of aromatic nitrogens is 2. The first-order valence-corrected chi connectivity index (χ1v) is 13.9. The van der Waals surface area contributed by atoms with E-state index in [-0.39, 0.29) is 12.4 Å². The van der Waals surface area contributed by atoms with E-state index in [1.165, 1.54) is 20.3 Å². The fourth-order valence-corrected chi connectivity index (χ4v) is 5.42. The Morgan fingerprint density at radius 2 is 1.56 bits per heavy atom. The molecule has 10 nitrogen and oxygen atoms in total. The Morgan fingerprint density at radius 1 is 0.854 bits per heavy atom. The summed E-state index contributed by atoms with van der Waals surface area (Å²) in [4.78, 5) is 16.2. The largest absolute Gasteiger partial charge is 0.497 e. The van der Waals surface area contributed by atoms with Crippen LogP contribution in [0.2, 0.25) is 0 Å². The maximum Gasteiger partial charge on any atom is 0.227 e. The van der Waals surface area contributed by atoms with E-state index in [0.717, 1.165) is 69.2 Å². The summed E-state index contributed by atoms with van der Waals surface area (Å²) >= 11 is 0. The molecule has 0 aliphatic carbocycles. The number of methoxy groups -OCH3 is 3. The van der Waals surface area contributed by atoms with Gasteiger partial charge in [0.25, 0.3) is 0 Å². The smallest absolute Gasteiger partial charge is 0.227 e. The molecule has 2 fully saturated rings. The summed E-state index contributed by atoms with van der Waals surface area (Å²) in [7, 11) is 6.82. The summed E-state index contributed by atoms with van der Waals surface area (Å²) in [5.74, 6) is 1.71. The summed E-state index contributed by atoms with van der Waals surface area (Å²) in [6, 6.07) is 9.79. The number of benzene rings is 2. The molecule has 0 amide bonds. The first-order chi connectivity index (χ1) is 20.0. The lowest BCUT2D eigenvalue weighted by Gasteiger charge is -2.42. The van der Waals surface area contributed by atoms with Crippen LogP contribution in [0, 0.1) is 5.82 Å². The van der Waals surface area contributed by atoms with Crippen molar-refractivity contribution in [2.24, 2.45) is 0 Å². The Morgan fingerprint density at radius 3 is 2.22 bits per heavy atom. The highest BCUT2D eigenvalue weighted by atomic mass is 19.1. The molecule has 3 heterocycles. The lowest BCUT2D eigenvalue weighted by atomic mass is 10.0. The molecule has 2 aromatic carbocycles. The second-order valence-corrected chi connectivity index (χ2v) is 10.4. The Hall–Kier alpha value is -3.83. The zero-order valence-corrected chi connectivity index (χ0v) is 24.2. The molecule has 2 aliphatic rings. The molecular formula is C30H39FN6O4. The van der Waals surface area contributed by atoms with Crippen molar-refractivity contribution in [1.29, 1.82) is 0 Å². The van der Waals surface area contributed by atoms with Gasteiger partial charge in [0.05, 0.1) is 39.4 Å². The molecule has 11 heteroatoms. The van der Waals surface area contributed by atoms with Gasteiger partial charge in [0, 0.05) is 68.7 Å². The summed E-state index contributed by atoms with van der Waals surface area (Å²) in [6.07, 6.45) is 5.40. The van der Waals surface area contributed by atoms with E-state index in [2.05, 4.69) is 43.1 Å². The molecule has 0 bridgehead atoms. The number of nitrogens with zero attached hydrogens (tertiary/aromatic N) is 5. The van der Waals surface area contributed by atoms with Crippen molar-refractivity contribution in [2.45, 2.75) is 25.5 Å². The number of hydrogen-bond acceptors (Lipinski definition) is 10. The minimum absolute atomic E-state index is 0.0270. The van der Waals surface area contributed by atoms with Gasteiger partial charge in [-0.1, -0.05) is 0 Å². The van der Waals surface area contributed by atoms with Crippen LogP contribution in [0.15, 0.2) is 42.7 Å². The van der Waals surface area contributed by atoms with Crippen LogP contribution in [0.1, 0.15) is 18.4 Å². The van der Waals surface area contributed by atoms with Gasteiger partial charge < -0.3 is 34.1 Å². The second-order valence-electron chi connectivity index (χ2n) is 10.4. The van der Waals surface area contributed by atoms with Crippen LogP contribution in [0.5, 0.6) is 23.0 Å². The van der Waals surface area contributed by atoms with Gasteiger partial charge in [-0.25, -0.2) is 14.4 Å². The SMILES string of the molecule is COc1cc(COc2cnc(Nc3ccc(N4CCC(N5CCN(C)CC5)CC4)c(OC)c3)nc2)c(F)c(OC)c1. The maximum absolute atomic E-state index is 14.6. The van der Waals surface area contributed by atoms with Crippen molar-refractivity contribution in [3.05, 3.63) is 54.1 Å². The van der Waals surface area contributed by atoms with E-state index < -0.39 is 5.82 Å². The molecule has 2 aliphatic heterocycles. The topological polar surface area (TPSA) is 84.5 Å². The van der Waals surface area contributed by atoms with Crippen molar-refractivity contribution < 1.29 is 23.3 Å². The number of hydrogen-bond donors (Lipinski definition) is 1.